The van der Waals surface area contributed by atoms with E-state index in [-0.39, 0.29) is 11.9 Å². The molecule has 8 nitrogen and oxygen atoms in total. The van der Waals surface area contributed by atoms with Gasteiger partial charge < -0.3 is 15.8 Å². The fourth-order valence-electron chi connectivity index (χ4n) is 3.81. The van der Waals surface area contributed by atoms with Crippen LogP contribution in [0.25, 0.3) is 22.2 Å². The fraction of sp³-hybridized carbons (Fsp3) is 0.174. The molecule has 3 N–H and O–H groups in total. The number of carbonyl (C=O) groups is 1. The number of nitrogen functional groups attached to an aromatic ring is 1. The lowest BCUT2D eigenvalue weighted by Crippen LogP contribution is -2.25. The molecule has 10 heteroatoms. The van der Waals surface area contributed by atoms with Crippen molar-refractivity contribution in [3.63, 3.8) is 0 Å². The molecule has 1 aliphatic heterocycles. The van der Waals surface area contributed by atoms with Gasteiger partial charge in [-0.2, -0.15) is 9.97 Å². The molecule has 0 fully saturated rings. The normalized spacial score (nSPS) is 12.6. The monoisotopic (exact) mass is 478 g/mol. The van der Waals surface area contributed by atoms with Crippen LogP contribution in [0.15, 0.2) is 53.9 Å². The van der Waals surface area contributed by atoms with Gasteiger partial charge in [-0.05, 0) is 40.1 Å². The average Bonchev–Trinajstić information content (AvgIpc) is 2.82. The van der Waals surface area contributed by atoms with Crippen molar-refractivity contribution in [1.29, 1.82) is 0 Å². The van der Waals surface area contributed by atoms with E-state index in [9.17, 15) is 4.79 Å². The van der Waals surface area contributed by atoms with Crippen LogP contribution in [0.3, 0.4) is 0 Å². The van der Waals surface area contributed by atoms with Gasteiger partial charge in [0.15, 0.2) is 11.0 Å². The van der Waals surface area contributed by atoms with Gasteiger partial charge in [-0.3, -0.25) is 9.78 Å². The van der Waals surface area contributed by atoms with E-state index in [4.69, 9.17) is 22.1 Å². The molecule has 0 saturated carbocycles. The van der Waals surface area contributed by atoms with Crippen LogP contribution in [0.2, 0.25) is 5.02 Å². The first-order valence-corrected chi connectivity index (χ1v) is 11.6. The Labute approximate surface area is 199 Å². The lowest BCUT2D eigenvalue weighted by molar-refractivity contribution is 0.0956. The number of carbonyl (C=O) groups excluding carboxylic acids is 1. The number of anilines is 1. The Morgan fingerprint density at radius 2 is 1.94 bits per heavy atom. The highest BCUT2D eigenvalue weighted by molar-refractivity contribution is 7.99. The minimum Gasteiger partial charge on any atom is -0.372 e. The van der Waals surface area contributed by atoms with Crippen LogP contribution in [-0.2, 0) is 18.0 Å². The molecule has 4 aromatic rings. The van der Waals surface area contributed by atoms with Crippen molar-refractivity contribution in [3.8, 4) is 11.4 Å². The van der Waals surface area contributed by atoms with E-state index < -0.39 is 0 Å². The van der Waals surface area contributed by atoms with Gasteiger partial charge in [0.1, 0.15) is 0 Å². The molecular weight excluding hydrogens is 460 g/mol. The van der Waals surface area contributed by atoms with Crippen LogP contribution < -0.4 is 11.1 Å². The molecule has 0 spiro atoms. The van der Waals surface area contributed by atoms with Crippen molar-refractivity contribution in [2.45, 2.75) is 18.4 Å². The molecule has 3 heterocycles. The summed E-state index contributed by atoms with van der Waals surface area (Å²) in [7, 11) is 0. The Balaban J connectivity index is 1.38. The molecule has 0 saturated heterocycles. The third-order valence-corrected chi connectivity index (χ3v) is 6.36. The molecule has 1 aliphatic rings. The minimum atomic E-state index is -0.159. The van der Waals surface area contributed by atoms with Gasteiger partial charge in [-0.15, -0.1) is 0 Å². The zero-order valence-electron chi connectivity index (χ0n) is 17.4. The van der Waals surface area contributed by atoms with E-state index in [0.29, 0.717) is 47.1 Å². The van der Waals surface area contributed by atoms with Crippen LogP contribution in [0.1, 0.15) is 21.5 Å². The van der Waals surface area contributed by atoms with Gasteiger partial charge in [0.2, 0.25) is 5.95 Å². The van der Waals surface area contributed by atoms with Crippen LogP contribution >= 0.6 is 23.4 Å². The largest absolute Gasteiger partial charge is 0.372 e. The predicted octanol–water partition coefficient (Wildman–Crippen LogP) is 3.87. The second-order valence-corrected chi connectivity index (χ2v) is 8.83. The zero-order valence-corrected chi connectivity index (χ0v) is 19.0. The summed E-state index contributed by atoms with van der Waals surface area (Å²) >= 11 is 8.05. The van der Waals surface area contributed by atoms with Crippen molar-refractivity contribution in [2.75, 3.05) is 18.0 Å². The number of pyridine rings is 1. The summed E-state index contributed by atoms with van der Waals surface area (Å²) in [5, 5.41) is 5.95. The molecule has 0 bridgehead atoms. The quantitative estimate of drug-likeness (QED) is 0.317. The molecule has 0 radical (unpaired) electrons. The van der Waals surface area contributed by atoms with Crippen LogP contribution in [0.4, 0.5) is 5.95 Å². The van der Waals surface area contributed by atoms with Crippen molar-refractivity contribution in [3.05, 3.63) is 70.5 Å². The number of ether oxygens (including phenoxy) is 1. The number of hydrogen-bond donors (Lipinski definition) is 2. The lowest BCUT2D eigenvalue weighted by Gasteiger charge is -2.20. The van der Waals surface area contributed by atoms with Gasteiger partial charge in [-0.25, -0.2) is 4.98 Å². The number of benzene rings is 2. The smallest absolute Gasteiger partial charge is 0.251 e. The van der Waals surface area contributed by atoms with Gasteiger partial charge in [0, 0.05) is 35.8 Å². The Kier molecular flexibility index (Phi) is 6.08. The third kappa shape index (κ3) is 4.47. The van der Waals surface area contributed by atoms with Crippen molar-refractivity contribution in [1.82, 2.24) is 25.3 Å². The lowest BCUT2D eigenvalue weighted by atomic mass is 9.94. The summed E-state index contributed by atoms with van der Waals surface area (Å²) in [6.07, 6.45) is 3.16. The zero-order chi connectivity index (χ0) is 22.8. The second kappa shape index (κ2) is 9.30. The standard InChI is InChI=1S/C23H19ClN6O2S/c24-17-10-15-12-32-11-14-2-1-3-16(18(14)15)19(17)20-28-22(25)30-23(29-20)33-9-8-27-21(31)13-4-6-26-7-5-13/h1-7,10H,8-9,11-12H2,(H,27,31)(H2,25,28,29,30). The highest BCUT2D eigenvalue weighted by atomic mass is 35.5. The summed E-state index contributed by atoms with van der Waals surface area (Å²) in [5.74, 6) is 0.942. The molecule has 0 aliphatic carbocycles. The molecule has 1 amide bonds. The van der Waals surface area contributed by atoms with E-state index in [2.05, 4.69) is 25.3 Å². The highest BCUT2D eigenvalue weighted by Crippen LogP contribution is 2.39. The third-order valence-electron chi connectivity index (χ3n) is 5.21. The summed E-state index contributed by atoms with van der Waals surface area (Å²) < 4.78 is 5.67. The molecule has 0 atom stereocenters. The first-order chi connectivity index (χ1) is 16.1. The maximum absolute atomic E-state index is 12.2. The van der Waals surface area contributed by atoms with Crippen molar-refractivity contribution in [2.24, 2.45) is 0 Å². The number of nitrogens with zero attached hydrogens (tertiary/aromatic N) is 4. The molecule has 0 unspecified atom stereocenters. The number of amides is 1. The maximum atomic E-state index is 12.2. The van der Waals surface area contributed by atoms with Gasteiger partial charge in [0.05, 0.1) is 18.2 Å². The molecule has 33 heavy (non-hydrogen) atoms. The van der Waals surface area contributed by atoms with E-state index in [1.165, 1.54) is 11.8 Å². The SMILES string of the molecule is Nc1nc(SCCNC(=O)c2ccncc2)nc(-c2c(Cl)cc3c4c(cccc24)COC3)n1. The van der Waals surface area contributed by atoms with E-state index in [0.717, 1.165) is 27.5 Å². The van der Waals surface area contributed by atoms with Gasteiger partial charge >= 0.3 is 0 Å². The Morgan fingerprint density at radius 3 is 2.79 bits per heavy atom. The summed E-state index contributed by atoms with van der Waals surface area (Å²) in [6, 6.07) is 11.3. The number of aromatic nitrogens is 4. The first-order valence-electron chi connectivity index (χ1n) is 10.2. The van der Waals surface area contributed by atoms with E-state index in [1.54, 1.807) is 24.5 Å². The van der Waals surface area contributed by atoms with E-state index >= 15 is 0 Å². The Bertz CT molecular complexity index is 1350. The number of thioether (sulfide) groups is 1. The Morgan fingerprint density at radius 1 is 1.12 bits per heavy atom. The predicted molar refractivity (Wildman–Crippen MR) is 128 cm³/mol. The van der Waals surface area contributed by atoms with Crippen LogP contribution in [-0.4, -0.2) is 38.1 Å². The maximum Gasteiger partial charge on any atom is 0.251 e. The number of rotatable bonds is 6. The number of halogens is 1. The van der Waals surface area contributed by atoms with Crippen molar-refractivity contribution < 1.29 is 9.53 Å². The number of nitrogens with two attached hydrogens (primary N) is 1. The second-order valence-electron chi connectivity index (χ2n) is 7.37. The molecule has 166 valence electrons. The first kappa shape index (κ1) is 21.6. The molecule has 5 rings (SSSR count). The van der Waals surface area contributed by atoms with Gasteiger partial charge in [0.25, 0.3) is 5.91 Å². The van der Waals surface area contributed by atoms with Crippen LogP contribution in [0.5, 0.6) is 0 Å². The summed E-state index contributed by atoms with van der Waals surface area (Å²) in [6.45, 7) is 1.50. The Hall–Kier alpha value is -3.27. The highest BCUT2D eigenvalue weighted by Gasteiger charge is 2.21. The number of nitrogens with one attached hydrogen (secondary N) is 1. The minimum absolute atomic E-state index is 0.114. The molecule has 2 aromatic carbocycles. The van der Waals surface area contributed by atoms with Crippen molar-refractivity contribution >= 4 is 46.0 Å². The summed E-state index contributed by atoms with van der Waals surface area (Å²) in [4.78, 5) is 29.3. The van der Waals surface area contributed by atoms with Crippen LogP contribution in [0, 0.1) is 0 Å². The molecule has 2 aromatic heterocycles. The topological polar surface area (TPSA) is 116 Å². The van der Waals surface area contributed by atoms with Gasteiger partial charge in [-0.1, -0.05) is 41.6 Å². The average molecular weight is 479 g/mol. The summed E-state index contributed by atoms with van der Waals surface area (Å²) in [5.41, 5.74) is 9.43. The number of hydrogen-bond acceptors (Lipinski definition) is 8. The molecular formula is C23H19ClN6O2S. The van der Waals surface area contributed by atoms with E-state index in [1.807, 2.05) is 24.3 Å². The fourth-order valence-corrected chi connectivity index (χ4v) is 4.82.